The fraction of sp³-hybridized carbons (Fsp3) is 0.357. The third-order valence-corrected chi connectivity index (χ3v) is 6.29. The molecule has 0 saturated heterocycles. The first-order chi connectivity index (χ1) is 15.7. The molecule has 5 nitrogen and oxygen atoms in total. The van der Waals surface area contributed by atoms with Crippen LogP contribution >= 0.6 is 11.6 Å². The first-order valence-electron chi connectivity index (χ1n) is 11.5. The van der Waals surface area contributed by atoms with Gasteiger partial charge in [-0.25, -0.2) is 0 Å². The van der Waals surface area contributed by atoms with E-state index in [1.807, 2.05) is 25.1 Å². The standard InChI is InChI=1S/C28H32ClN3O2/c1-16-10-18(12-17-13-20(27(2,3)4)26(34)21(14-17)28(5,6)7)25(33)24(11-16)32-30-22-9-8-19(29)15-23(22)31-32/h8-11,13-15,33-34H,12H2,1-7H3. The molecule has 34 heavy (non-hydrogen) atoms. The zero-order valence-electron chi connectivity index (χ0n) is 20.9. The van der Waals surface area contributed by atoms with Crippen molar-refractivity contribution in [1.82, 2.24) is 15.0 Å². The highest BCUT2D eigenvalue weighted by Crippen LogP contribution is 2.41. The lowest BCUT2D eigenvalue weighted by molar-refractivity contribution is 0.422. The number of benzene rings is 3. The Kier molecular flexibility index (Phi) is 5.89. The average molecular weight is 478 g/mol. The molecule has 0 aliphatic carbocycles. The highest BCUT2D eigenvalue weighted by atomic mass is 35.5. The molecule has 4 aromatic rings. The molecule has 0 aliphatic rings. The number of fused-ring (bicyclic) bond motifs is 1. The minimum absolute atomic E-state index is 0.139. The molecule has 3 aromatic carbocycles. The van der Waals surface area contributed by atoms with Crippen LogP contribution in [0.3, 0.4) is 0 Å². The van der Waals surface area contributed by atoms with E-state index < -0.39 is 0 Å². The lowest BCUT2D eigenvalue weighted by Gasteiger charge is -2.28. The zero-order chi connectivity index (χ0) is 25.0. The van der Waals surface area contributed by atoms with Crippen molar-refractivity contribution in [2.45, 2.75) is 65.7 Å². The fourth-order valence-electron chi connectivity index (χ4n) is 4.28. The van der Waals surface area contributed by atoms with Crippen molar-refractivity contribution in [2.75, 3.05) is 0 Å². The van der Waals surface area contributed by atoms with Gasteiger partial charge in [0, 0.05) is 17.0 Å². The van der Waals surface area contributed by atoms with Gasteiger partial charge in [0.15, 0.2) is 0 Å². The third kappa shape index (κ3) is 4.62. The molecule has 178 valence electrons. The van der Waals surface area contributed by atoms with Crippen molar-refractivity contribution in [1.29, 1.82) is 0 Å². The summed E-state index contributed by atoms with van der Waals surface area (Å²) < 4.78 is 0. The molecule has 6 heteroatoms. The highest BCUT2D eigenvalue weighted by molar-refractivity contribution is 6.31. The van der Waals surface area contributed by atoms with E-state index in [2.05, 4.69) is 63.9 Å². The van der Waals surface area contributed by atoms with Crippen LogP contribution < -0.4 is 0 Å². The molecule has 4 rings (SSSR count). The second-order valence-electron chi connectivity index (χ2n) is 11.1. The normalized spacial score (nSPS) is 12.5. The van der Waals surface area contributed by atoms with E-state index in [4.69, 9.17) is 11.6 Å². The molecule has 0 radical (unpaired) electrons. The van der Waals surface area contributed by atoms with Gasteiger partial charge >= 0.3 is 0 Å². The van der Waals surface area contributed by atoms with Crippen LogP contribution in [0, 0.1) is 6.92 Å². The Morgan fingerprint density at radius 2 is 1.38 bits per heavy atom. The van der Waals surface area contributed by atoms with Crippen LogP contribution in [0.25, 0.3) is 16.7 Å². The van der Waals surface area contributed by atoms with Gasteiger partial charge in [-0.2, -0.15) is 0 Å². The van der Waals surface area contributed by atoms with E-state index in [-0.39, 0.29) is 16.6 Å². The second kappa shape index (κ2) is 8.31. The number of nitrogens with zero attached hydrogens (tertiary/aromatic N) is 3. The predicted octanol–water partition coefficient (Wildman–Crippen LogP) is 6.98. The van der Waals surface area contributed by atoms with Crippen LogP contribution in [0.5, 0.6) is 11.5 Å². The Balaban J connectivity index is 1.83. The number of rotatable bonds is 3. The predicted molar refractivity (Wildman–Crippen MR) is 139 cm³/mol. The molecule has 0 amide bonds. The van der Waals surface area contributed by atoms with Crippen molar-refractivity contribution < 1.29 is 10.2 Å². The summed E-state index contributed by atoms with van der Waals surface area (Å²) in [5.74, 6) is 0.490. The summed E-state index contributed by atoms with van der Waals surface area (Å²) in [5.41, 5.74) is 6.05. The van der Waals surface area contributed by atoms with Crippen molar-refractivity contribution in [3.63, 3.8) is 0 Å². The maximum Gasteiger partial charge on any atom is 0.146 e. The van der Waals surface area contributed by atoms with Crippen molar-refractivity contribution in [3.05, 3.63) is 75.3 Å². The van der Waals surface area contributed by atoms with Gasteiger partial charge in [-0.15, -0.1) is 15.0 Å². The summed E-state index contributed by atoms with van der Waals surface area (Å²) in [4.78, 5) is 1.46. The van der Waals surface area contributed by atoms with Crippen molar-refractivity contribution >= 4 is 22.6 Å². The molecule has 2 N–H and O–H groups in total. The summed E-state index contributed by atoms with van der Waals surface area (Å²) in [6, 6.07) is 13.3. The molecular formula is C28H32ClN3O2. The van der Waals surface area contributed by atoms with E-state index in [9.17, 15) is 10.2 Å². The van der Waals surface area contributed by atoms with Gasteiger partial charge < -0.3 is 10.2 Å². The topological polar surface area (TPSA) is 71.2 Å². The molecule has 0 unspecified atom stereocenters. The number of aryl methyl sites for hydroxylation is 1. The monoisotopic (exact) mass is 477 g/mol. The second-order valence-corrected chi connectivity index (χ2v) is 11.6. The fourth-order valence-corrected chi connectivity index (χ4v) is 4.44. The maximum absolute atomic E-state index is 11.2. The van der Waals surface area contributed by atoms with Crippen LogP contribution in [0.2, 0.25) is 5.02 Å². The zero-order valence-corrected chi connectivity index (χ0v) is 21.6. The van der Waals surface area contributed by atoms with Crippen LogP contribution in [-0.2, 0) is 17.3 Å². The first-order valence-corrected chi connectivity index (χ1v) is 11.8. The van der Waals surface area contributed by atoms with Gasteiger partial charge in [-0.05, 0) is 64.3 Å². The quantitative estimate of drug-likeness (QED) is 0.334. The molecule has 1 aromatic heterocycles. The summed E-state index contributed by atoms with van der Waals surface area (Å²) in [6.45, 7) is 14.6. The summed E-state index contributed by atoms with van der Waals surface area (Å²) >= 11 is 6.10. The number of hydrogen-bond acceptors (Lipinski definition) is 4. The van der Waals surface area contributed by atoms with Crippen molar-refractivity contribution in [3.8, 4) is 17.2 Å². The Hall–Kier alpha value is -3.05. The Labute approximate surface area is 206 Å². The van der Waals surface area contributed by atoms with Gasteiger partial charge in [-0.3, -0.25) is 0 Å². The minimum Gasteiger partial charge on any atom is -0.507 e. The number of phenolic OH excluding ortho intramolecular Hbond substituents is 2. The van der Waals surface area contributed by atoms with Crippen LogP contribution in [0.15, 0.2) is 42.5 Å². The molecule has 0 spiro atoms. The average Bonchev–Trinajstić information content (AvgIpc) is 3.12. The van der Waals surface area contributed by atoms with Gasteiger partial charge in [0.25, 0.3) is 0 Å². The molecule has 0 atom stereocenters. The molecule has 1 heterocycles. The maximum atomic E-state index is 11.2. The number of aromatic hydroxyl groups is 2. The Morgan fingerprint density at radius 3 is 1.97 bits per heavy atom. The van der Waals surface area contributed by atoms with E-state index in [1.54, 1.807) is 12.1 Å². The smallest absolute Gasteiger partial charge is 0.146 e. The summed E-state index contributed by atoms with van der Waals surface area (Å²) in [6.07, 6.45) is 0.513. The lowest BCUT2D eigenvalue weighted by atomic mass is 9.78. The number of aromatic nitrogens is 3. The molecular weight excluding hydrogens is 446 g/mol. The summed E-state index contributed by atoms with van der Waals surface area (Å²) in [5, 5.41) is 31.9. The van der Waals surface area contributed by atoms with Gasteiger partial charge in [0.2, 0.25) is 0 Å². The lowest BCUT2D eigenvalue weighted by Crippen LogP contribution is -2.18. The number of hydrogen-bond donors (Lipinski definition) is 2. The number of halogens is 1. The summed E-state index contributed by atoms with van der Waals surface area (Å²) in [7, 11) is 0. The SMILES string of the molecule is Cc1cc(Cc2cc(C(C)(C)C)c(O)c(C(C)(C)C)c2)c(O)c(-n2nc3ccc(Cl)cc3n2)c1. The third-order valence-electron chi connectivity index (χ3n) is 6.05. The molecule has 0 aliphatic heterocycles. The first kappa shape index (κ1) is 24.1. The van der Waals surface area contributed by atoms with E-state index in [0.29, 0.717) is 33.9 Å². The van der Waals surface area contributed by atoms with Gasteiger partial charge in [0.05, 0.1) is 0 Å². The molecule has 0 saturated carbocycles. The van der Waals surface area contributed by atoms with Gasteiger partial charge in [0.1, 0.15) is 28.2 Å². The van der Waals surface area contributed by atoms with E-state index in [1.165, 1.54) is 4.80 Å². The highest BCUT2D eigenvalue weighted by Gasteiger charge is 2.27. The van der Waals surface area contributed by atoms with Crippen LogP contribution in [0.1, 0.15) is 69.4 Å². The van der Waals surface area contributed by atoms with Gasteiger partial charge in [-0.1, -0.05) is 71.3 Å². The van der Waals surface area contributed by atoms with Crippen LogP contribution in [-0.4, -0.2) is 25.2 Å². The van der Waals surface area contributed by atoms with E-state index >= 15 is 0 Å². The Bertz CT molecular complexity index is 1360. The Morgan fingerprint density at radius 1 is 0.794 bits per heavy atom. The largest absolute Gasteiger partial charge is 0.507 e. The molecule has 0 bridgehead atoms. The van der Waals surface area contributed by atoms with Crippen molar-refractivity contribution in [2.24, 2.45) is 0 Å². The van der Waals surface area contributed by atoms with E-state index in [0.717, 1.165) is 27.8 Å². The van der Waals surface area contributed by atoms with Crippen LogP contribution in [0.4, 0.5) is 0 Å². The minimum atomic E-state index is -0.222. The molecule has 0 fully saturated rings. The number of phenols is 2.